The molecular formula is C11H13ClF2O. The molecule has 0 aliphatic carbocycles. The van der Waals surface area contributed by atoms with Crippen LogP contribution >= 0.6 is 11.6 Å². The maximum absolute atomic E-state index is 13.4. The van der Waals surface area contributed by atoms with E-state index in [0.717, 1.165) is 0 Å². The second kappa shape index (κ2) is 5.42. The molecule has 0 aliphatic rings. The number of aryl methyl sites for hydroxylation is 1. The zero-order valence-electron chi connectivity index (χ0n) is 8.43. The summed E-state index contributed by atoms with van der Waals surface area (Å²) in [7, 11) is 0. The maximum Gasteiger partial charge on any atom is 0.164 e. The second-order valence-corrected chi connectivity index (χ2v) is 3.82. The number of benzene rings is 1. The Morgan fingerprint density at radius 1 is 1.33 bits per heavy atom. The average molecular weight is 235 g/mol. The third kappa shape index (κ3) is 2.89. The largest absolute Gasteiger partial charge is 0.388 e. The molecule has 1 atom stereocenters. The summed E-state index contributed by atoms with van der Waals surface area (Å²) in [6.45, 7) is 1.48. The van der Waals surface area contributed by atoms with Gasteiger partial charge in [0.05, 0.1) is 6.10 Å². The van der Waals surface area contributed by atoms with Crippen LogP contribution in [0, 0.1) is 18.6 Å². The first-order chi connectivity index (χ1) is 7.07. The highest BCUT2D eigenvalue weighted by molar-refractivity contribution is 6.17. The monoisotopic (exact) mass is 234 g/mol. The zero-order valence-corrected chi connectivity index (χ0v) is 9.19. The molecule has 84 valence electrons. The average Bonchev–Trinajstić information content (AvgIpc) is 2.23. The molecule has 1 rings (SSSR count). The van der Waals surface area contributed by atoms with Crippen molar-refractivity contribution >= 4 is 11.6 Å². The SMILES string of the molecule is Cc1ccc(C(O)CCCCl)c(F)c1F. The first-order valence-corrected chi connectivity index (χ1v) is 5.30. The van der Waals surface area contributed by atoms with Crippen molar-refractivity contribution < 1.29 is 13.9 Å². The number of aliphatic hydroxyl groups is 1. The molecule has 15 heavy (non-hydrogen) atoms. The molecule has 0 heterocycles. The summed E-state index contributed by atoms with van der Waals surface area (Å²) in [6.07, 6.45) is -0.0838. The highest BCUT2D eigenvalue weighted by atomic mass is 35.5. The van der Waals surface area contributed by atoms with Gasteiger partial charge >= 0.3 is 0 Å². The van der Waals surface area contributed by atoms with Gasteiger partial charge in [0.25, 0.3) is 0 Å². The van der Waals surface area contributed by atoms with E-state index in [-0.39, 0.29) is 11.1 Å². The van der Waals surface area contributed by atoms with Gasteiger partial charge in [0.15, 0.2) is 11.6 Å². The topological polar surface area (TPSA) is 20.2 Å². The fourth-order valence-corrected chi connectivity index (χ4v) is 1.50. The van der Waals surface area contributed by atoms with Gasteiger partial charge in [0.2, 0.25) is 0 Å². The highest BCUT2D eigenvalue weighted by Gasteiger charge is 2.16. The van der Waals surface area contributed by atoms with Crippen molar-refractivity contribution in [3.05, 3.63) is 34.9 Å². The van der Waals surface area contributed by atoms with Crippen LogP contribution in [0.4, 0.5) is 8.78 Å². The van der Waals surface area contributed by atoms with E-state index in [1.807, 2.05) is 0 Å². The van der Waals surface area contributed by atoms with Crippen molar-refractivity contribution in [2.24, 2.45) is 0 Å². The van der Waals surface area contributed by atoms with Gasteiger partial charge in [-0.2, -0.15) is 0 Å². The van der Waals surface area contributed by atoms with Gasteiger partial charge < -0.3 is 5.11 Å². The van der Waals surface area contributed by atoms with E-state index in [1.165, 1.54) is 19.1 Å². The standard InChI is InChI=1S/C11H13ClF2O/c1-7-4-5-8(11(14)10(7)13)9(15)3-2-6-12/h4-5,9,15H,2-3,6H2,1H3. The minimum atomic E-state index is -0.987. The van der Waals surface area contributed by atoms with Crippen LogP contribution in [0.1, 0.15) is 30.1 Å². The number of aliphatic hydroxyl groups excluding tert-OH is 1. The van der Waals surface area contributed by atoms with E-state index in [9.17, 15) is 13.9 Å². The van der Waals surface area contributed by atoms with Crippen LogP contribution in [0.15, 0.2) is 12.1 Å². The summed E-state index contributed by atoms with van der Waals surface area (Å²) in [6, 6.07) is 2.87. The van der Waals surface area contributed by atoms with Gasteiger partial charge in [-0.1, -0.05) is 12.1 Å². The van der Waals surface area contributed by atoms with Crippen LogP contribution < -0.4 is 0 Å². The van der Waals surface area contributed by atoms with E-state index in [1.54, 1.807) is 0 Å². The van der Waals surface area contributed by atoms with Crippen molar-refractivity contribution in [3.63, 3.8) is 0 Å². The summed E-state index contributed by atoms with van der Waals surface area (Å²) >= 11 is 5.45. The van der Waals surface area contributed by atoms with Crippen LogP contribution in [0.5, 0.6) is 0 Å². The van der Waals surface area contributed by atoms with Crippen molar-refractivity contribution in [2.75, 3.05) is 5.88 Å². The van der Waals surface area contributed by atoms with E-state index in [4.69, 9.17) is 11.6 Å². The maximum atomic E-state index is 13.4. The lowest BCUT2D eigenvalue weighted by atomic mass is 10.0. The molecule has 1 nitrogen and oxygen atoms in total. The Bertz CT molecular complexity index is 342. The molecule has 0 saturated heterocycles. The van der Waals surface area contributed by atoms with Gasteiger partial charge in [-0.05, 0) is 25.3 Å². The number of hydrogen-bond acceptors (Lipinski definition) is 1. The van der Waals surface area contributed by atoms with Crippen LogP contribution in [0.25, 0.3) is 0 Å². The Kier molecular flexibility index (Phi) is 4.48. The summed E-state index contributed by atoms with van der Waals surface area (Å²) in [5, 5.41) is 9.58. The molecule has 0 saturated carbocycles. The molecule has 0 spiro atoms. The van der Waals surface area contributed by atoms with Gasteiger partial charge in [0.1, 0.15) is 0 Å². The van der Waals surface area contributed by atoms with Crippen LogP contribution in [-0.4, -0.2) is 11.0 Å². The van der Waals surface area contributed by atoms with Gasteiger partial charge in [-0.25, -0.2) is 8.78 Å². The Labute approximate surface area is 92.7 Å². The summed E-state index contributed by atoms with van der Waals surface area (Å²) in [5.41, 5.74) is 0.240. The molecular weight excluding hydrogens is 222 g/mol. The van der Waals surface area contributed by atoms with E-state index in [2.05, 4.69) is 0 Å². The van der Waals surface area contributed by atoms with Gasteiger partial charge in [-0.15, -0.1) is 11.6 Å². The molecule has 1 unspecified atom stereocenters. The summed E-state index contributed by atoms with van der Waals surface area (Å²) in [4.78, 5) is 0. The van der Waals surface area contributed by atoms with Crippen molar-refractivity contribution in [1.82, 2.24) is 0 Å². The van der Waals surface area contributed by atoms with E-state index in [0.29, 0.717) is 18.7 Å². The lowest BCUT2D eigenvalue weighted by molar-refractivity contribution is 0.161. The summed E-state index contributed by atoms with van der Waals surface area (Å²) < 4.78 is 26.5. The van der Waals surface area contributed by atoms with Crippen molar-refractivity contribution in [1.29, 1.82) is 0 Å². The van der Waals surface area contributed by atoms with Crippen LogP contribution in [0.3, 0.4) is 0 Å². The van der Waals surface area contributed by atoms with E-state index >= 15 is 0 Å². The third-order valence-electron chi connectivity index (χ3n) is 2.28. The lowest BCUT2D eigenvalue weighted by Gasteiger charge is -2.12. The fourth-order valence-electron chi connectivity index (χ4n) is 1.34. The normalized spacial score (nSPS) is 12.9. The molecule has 0 aliphatic heterocycles. The van der Waals surface area contributed by atoms with Crippen molar-refractivity contribution in [3.8, 4) is 0 Å². The molecule has 4 heteroatoms. The molecule has 0 radical (unpaired) electrons. The molecule has 0 fully saturated rings. The Morgan fingerprint density at radius 2 is 2.00 bits per heavy atom. The minimum absolute atomic E-state index is 0.00298. The number of rotatable bonds is 4. The molecule has 1 N–H and O–H groups in total. The third-order valence-corrected chi connectivity index (χ3v) is 2.54. The smallest absolute Gasteiger partial charge is 0.164 e. The predicted octanol–water partition coefficient (Wildman–Crippen LogP) is 3.33. The zero-order chi connectivity index (χ0) is 11.4. The molecule has 0 amide bonds. The Morgan fingerprint density at radius 3 is 2.60 bits per heavy atom. The van der Waals surface area contributed by atoms with Crippen molar-refractivity contribution in [2.45, 2.75) is 25.9 Å². The first-order valence-electron chi connectivity index (χ1n) is 4.76. The quantitative estimate of drug-likeness (QED) is 0.793. The minimum Gasteiger partial charge on any atom is -0.388 e. The fraction of sp³-hybridized carbons (Fsp3) is 0.455. The Balaban J connectivity index is 2.90. The lowest BCUT2D eigenvalue weighted by Crippen LogP contribution is -2.04. The summed E-state index contributed by atoms with van der Waals surface area (Å²) in [5.74, 6) is -1.46. The number of alkyl halides is 1. The second-order valence-electron chi connectivity index (χ2n) is 3.45. The molecule has 0 aromatic heterocycles. The van der Waals surface area contributed by atoms with E-state index < -0.39 is 17.7 Å². The van der Waals surface area contributed by atoms with Gasteiger partial charge in [-0.3, -0.25) is 0 Å². The van der Waals surface area contributed by atoms with Crippen LogP contribution in [0.2, 0.25) is 0 Å². The Hall–Kier alpha value is -0.670. The first kappa shape index (κ1) is 12.4. The molecule has 1 aromatic rings. The van der Waals surface area contributed by atoms with Crippen LogP contribution in [-0.2, 0) is 0 Å². The number of halogens is 3. The predicted molar refractivity (Wildman–Crippen MR) is 56.0 cm³/mol. The highest BCUT2D eigenvalue weighted by Crippen LogP contribution is 2.24. The molecule has 1 aromatic carbocycles. The number of hydrogen-bond donors (Lipinski definition) is 1. The molecule has 0 bridgehead atoms. The van der Waals surface area contributed by atoms with Gasteiger partial charge in [0, 0.05) is 11.4 Å².